The SMILES string of the molecule is COc1cc(NCNC(=O)C2CCCCC2)nc2ccccc12. The standard InChI is InChI=1S/C18H23N3O2/c1-23-16-11-17(21-15-10-6-5-9-14(15)16)19-12-20-18(22)13-7-3-2-4-8-13/h5-6,9-11,13H,2-4,7-8,12H2,1H3,(H,19,21)(H,20,22). The molecular weight excluding hydrogens is 290 g/mol. The molecule has 23 heavy (non-hydrogen) atoms. The van der Waals surface area contributed by atoms with Crippen molar-refractivity contribution in [1.82, 2.24) is 10.3 Å². The first kappa shape index (κ1) is 15.6. The molecule has 0 aliphatic heterocycles. The largest absolute Gasteiger partial charge is 0.496 e. The van der Waals surface area contributed by atoms with Gasteiger partial charge in [0.1, 0.15) is 11.6 Å². The number of rotatable bonds is 5. The summed E-state index contributed by atoms with van der Waals surface area (Å²) in [5.74, 6) is 1.79. The molecule has 1 aliphatic carbocycles. The maximum atomic E-state index is 12.1. The van der Waals surface area contributed by atoms with Crippen molar-refractivity contribution in [2.45, 2.75) is 32.1 Å². The van der Waals surface area contributed by atoms with Crippen LogP contribution in [0.1, 0.15) is 32.1 Å². The second-order valence-electron chi connectivity index (χ2n) is 5.96. The topological polar surface area (TPSA) is 63.2 Å². The molecule has 5 nitrogen and oxygen atoms in total. The van der Waals surface area contributed by atoms with Gasteiger partial charge in [-0.05, 0) is 25.0 Å². The number of amides is 1. The maximum absolute atomic E-state index is 12.1. The van der Waals surface area contributed by atoms with Crippen molar-refractivity contribution in [1.29, 1.82) is 0 Å². The van der Waals surface area contributed by atoms with Gasteiger partial charge in [-0.2, -0.15) is 0 Å². The van der Waals surface area contributed by atoms with Crippen molar-refractivity contribution in [3.05, 3.63) is 30.3 Å². The molecule has 0 unspecified atom stereocenters. The molecule has 1 heterocycles. The molecule has 122 valence electrons. The Morgan fingerprint density at radius 2 is 2.04 bits per heavy atom. The monoisotopic (exact) mass is 313 g/mol. The third kappa shape index (κ3) is 3.73. The van der Waals surface area contributed by atoms with Crippen LogP contribution >= 0.6 is 0 Å². The zero-order valence-corrected chi connectivity index (χ0v) is 13.5. The summed E-state index contributed by atoms with van der Waals surface area (Å²) in [6, 6.07) is 9.70. The van der Waals surface area contributed by atoms with Gasteiger partial charge in [-0.3, -0.25) is 4.79 Å². The number of pyridine rings is 1. The molecule has 0 radical (unpaired) electrons. The summed E-state index contributed by atoms with van der Waals surface area (Å²) >= 11 is 0. The van der Waals surface area contributed by atoms with Crippen LogP contribution in [-0.2, 0) is 4.79 Å². The molecule has 0 spiro atoms. The molecule has 0 atom stereocenters. The number of fused-ring (bicyclic) bond motifs is 1. The second-order valence-corrected chi connectivity index (χ2v) is 5.96. The minimum Gasteiger partial charge on any atom is -0.496 e. The number of benzene rings is 1. The van der Waals surface area contributed by atoms with E-state index in [-0.39, 0.29) is 11.8 Å². The van der Waals surface area contributed by atoms with Crippen molar-refractivity contribution in [2.24, 2.45) is 5.92 Å². The third-order valence-electron chi connectivity index (χ3n) is 4.41. The molecule has 0 bridgehead atoms. The van der Waals surface area contributed by atoms with Gasteiger partial charge in [-0.1, -0.05) is 31.4 Å². The Bertz CT molecular complexity index is 681. The van der Waals surface area contributed by atoms with Crippen LogP contribution in [0.25, 0.3) is 10.9 Å². The molecule has 1 aliphatic rings. The van der Waals surface area contributed by atoms with Crippen LogP contribution in [0.4, 0.5) is 5.82 Å². The molecule has 1 aromatic carbocycles. The van der Waals surface area contributed by atoms with E-state index >= 15 is 0 Å². The number of hydrogen-bond acceptors (Lipinski definition) is 4. The number of anilines is 1. The molecule has 0 saturated heterocycles. The van der Waals surface area contributed by atoms with E-state index in [9.17, 15) is 4.79 Å². The normalized spacial score (nSPS) is 15.3. The van der Waals surface area contributed by atoms with Gasteiger partial charge in [0.05, 0.1) is 19.3 Å². The molecule has 2 aromatic rings. The quantitative estimate of drug-likeness (QED) is 0.831. The molecule has 1 aromatic heterocycles. The zero-order valence-electron chi connectivity index (χ0n) is 13.5. The molecule has 1 fully saturated rings. The summed E-state index contributed by atoms with van der Waals surface area (Å²) in [7, 11) is 1.65. The number of carbonyl (C=O) groups is 1. The molecule has 2 N–H and O–H groups in total. The average Bonchev–Trinajstić information content (AvgIpc) is 2.61. The molecule has 1 saturated carbocycles. The summed E-state index contributed by atoms with van der Waals surface area (Å²) in [6.45, 7) is 0.379. The first-order valence-electron chi connectivity index (χ1n) is 8.23. The average molecular weight is 313 g/mol. The van der Waals surface area contributed by atoms with Crippen LogP contribution in [0.3, 0.4) is 0 Å². The maximum Gasteiger partial charge on any atom is 0.224 e. The van der Waals surface area contributed by atoms with E-state index in [1.54, 1.807) is 7.11 Å². The number of hydrogen-bond donors (Lipinski definition) is 2. The van der Waals surface area contributed by atoms with E-state index in [0.29, 0.717) is 12.5 Å². The van der Waals surface area contributed by atoms with E-state index in [4.69, 9.17) is 4.74 Å². The van der Waals surface area contributed by atoms with Crippen LogP contribution in [-0.4, -0.2) is 24.7 Å². The Kier molecular flexibility index (Phi) is 4.95. The Labute approximate surface area is 136 Å². The summed E-state index contributed by atoms with van der Waals surface area (Å²) < 4.78 is 5.42. The van der Waals surface area contributed by atoms with E-state index in [0.717, 1.165) is 42.3 Å². The predicted molar refractivity (Wildman–Crippen MR) is 91.5 cm³/mol. The van der Waals surface area contributed by atoms with Gasteiger partial charge in [0, 0.05) is 17.4 Å². The summed E-state index contributed by atoms with van der Waals surface area (Å²) in [4.78, 5) is 16.7. The van der Waals surface area contributed by atoms with Crippen LogP contribution < -0.4 is 15.4 Å². The second kappa shape index (κ2) is 7.31. The van der Waals surface area contributed by atoms with Gasteiger partial charge in [0.15, 0.2) is 0 Å². The van der Waals surface area contributed by atoms with Gasteiger partial charge in [-0.25, -0.2) is 4.98 Å². The van der Waals surface area contributed by atoms with E-state index in [1.165, 1.54) is 6.42 Å². The van der Waals surface area contributed by atoms with Crippen molar-refractivity contribution in [2.75, 3.05) is 19.1 Å². The number of methoxy groups -OCH3 is 1. The summed E-state index contributed by atoms with van der Waals surface area (Å²) in [6.07, 6.45) is 5.59. The van der Waals surface area contributed by atoms with Crippen molar-refractivity contribution >= 4 is 22.6 Å². The van der Waals surface area contributed by atoms with Gasteiger partial charge in [-0.15, -0.1) is 0 Å². The first-order valence-corrected chi connectivity index (χ1v) is 8.23. The van der Waals surface area contributed by atoms with Crippen LogP contribution in [0.15, 0.2) is 30.3 Å². The van der Waals surface area contributed by atoms with E-state index in [1.807, 2.05) is 30.3 Å². The number of ether oxygens (including phenoxy) is 1. The minimum absolute atomic E-state index is 0.143. The number of nitrogens with one attached hydrogen (secondary N) is 2. The molecule has 5 heteroatoms. The smallest absolute Gasteiger partial charge is 0.224 e. The number of para-hydroxylation sites is 1. The molecule has 3 rings (SSSR count). The van der Waals surface area contributed by atoms with Crippen LogP contribution in [0.5, 0.6) is 5.75 Å². The third-order valence-corrected chi connectivity index (χ3v) is 4.41. The Balaban J connectivity index is 1.61. The summed E-state index contributed by atoms with van der Waals surface area (Å²) in [5.41, 5.74) is 0.868. The number of nitrogens with zero attached hydrogens (tertiary/aromatic N) is 1. The zero-order chi connectivity index (χ0) is 16.1. The van der Waals surface area contributed by atoms with E-state index < -0.39 is 0 Å². The Hall–Kier alpha value is -2.30. The van der Waals surface area contributed by atoms with Crippen LogP contribution in [0.2, 0.25) is 0 Å². The number of carbonyl (C=O) groups excluding carboxylic acids is 1. The van der Waals surface area contributed by atoms with Gasteiger partial charge in [0.2, 0.25) is 5.91 Å². The van der Waals surface area contributed by atoms with E-state index in [2.05, 4.69) is 15.6 Å². The lowest BCUT2D eigenvalue weighted by atomic mass is 9.89. The molecular formula is C18H23N3O2. The number of aromatic nitrogens is 1. The van der Waals surface area contributed by atoms with Crippen molar-refractivity contribution in [3.8, 4) is 5.75 Å². The van der Waals surface area contributed by atoms with Gasteiger partial charge in [0.25, 0.3) is 0 Å². The fourth-order valence-electron chi connectivity index (χ4n) is 3.13. The Morgan fingerprint density at radius 3 is 2.83 bits per heavy atom. The minimum atomic E-state index is 0.143. The lowest BCUT2D eigenvalue weighted by Gasteiger charge is -2.21. The fourth-order valence-corrected chi connectivity index (χ4v) is 3.13. The highest BCUT2D eigenvalue weighted by molar-refractivity contribution is 5.87. The highest BCUT2D eigenvalue weighted by Gasteiger charge is 2.20. The lowest BCUT2D eigenvalue weighted by Crippen LogP contribution is -2.35. The van der Waals surface area contributed by atoms with Crippen molar-refractivity contribution < 1.29 is 9.53 Å². The van der Waals surface area contributed by atoms with Crippen LogP contribution in [0, 0.1) is 5.92 Å². The fraction of sp³-hybridized carbons (Fsp3) is 0.444. The van der Waals surface area contributed by atoms with Gasteiger partial charge < -0.3 is 15.4 Å². The highest BCUT2D eigenvalue weighted by atomic mass is 16.5. The molecule has 1 amide bonds. The summed E-state index contributed by atoms with van der Waals surface area (Å²) in [5, 5.41) is 7.09. The predicted octanol–water partition coefficient (Wildman–Crippen LogP) is 3.31. The van der Waals surface area contributed by atoms with Crippen molar-refractivity contribution in [3.63, 3.8) is 0 Å². The van der Waals surface area contributed by atoms with Gasteiger partial charge >= 0.3 is 0 Å². The first-order chi connectivity index (χ1) is 11.3. The highest BCUT2D eigenvalue weighted by Crippen LogP contribution is 2.27. The lowest BCUT2D eigenvalue weighted by molar-refractivity contribution is -0.125. The Morgan fingerprint density at radius 1 is 1.26 bits per heavy atom.